The molecule has 9 fully saturated rings. The van der Waals surface area contributed by atoms with Crippen molar-refractivity contribution < 1.29 is 70.7 Å². The molecule has 12 rings (SSSR count). The van der Waals surface area contributed by atoms with Crippen LogP contribution >= 0.6 is 11.6 Å². The normalized spacial score (nSPS) is 26.9. The lowest BCUT2D eigenvalue weighted by Gasteiger charge is -2.51. The molecule has 0 spiro atoms. The zero-order chi connectivity index (χ0) is 102. The van der Waals surface area contributed by atoms with Gasteiger partial charge in [0, 0.05) is 149 Å². The van der Waals surface area contributed by atoms with Gasteiger partial charge in [-0.2, -0.15) is 45.6 Å². The maximum atomic E-state index is 12.6. The van der Waals surface area contributed by atoms with Gasteiger partial charge in [0.25, 0.3) is 0 Å². The van der Waals surface area contributed by atoms with Gasteiger partial charge in [-0.1, -0.05) is 99.1 Å². The predicted octanol–water partition coefficient (Wildman–Crippen LogP) is 25.9. The van der Waals surface area contributed by atoms with Crippen LogP contribution < -0.4 is 4.74 Å². The van der Waals surface area contributed by atoms with Crippen LogP contribution in [0.2, 0.25) is 0 Å². The highest BCUT2D eigenvalue weighted by Gasteiger charge is 2.54. The molecule has 0 amide bonds. The number of hydrogen-bond acceptors (Lipinski definition) is 23. The van der Waals surface area contributed by atoms with Gasteiger partial charge in [-0.05, 0) is 401 Å². The van der Waals surface area contributed by atoms with Crippen molar-refractivity contribution in [2.45, 2.75) is 528 Å². The van der Waals surface area contributed by atoms with E-state index in [-0.39, 0.29) is 147 Å². The first kappa shape index (κ1) is 121. The van der Waals surface area contributed by atoms with E-state index in [0.29, 0.717) is 24.7 Å². The number of nitrogens with zero attached hydrogens (tertiary/aromatic N) is 9. The van der Waals surface area contributed by atoms with Crippen molar-refractivity contribution in [1.29, 1.82) is 0 Å². The summed E-state index contributed by atoms with van der Waals surface area (Å²) >= 11 is 6.11. The number of hydroxylamine groups is 18. The zero-order valence-corrected chi connectivity index (χ0v) is 91.7. The minimum Gasteiger partial charge on any atom is -0.490 e. The molecular formula is C108H196ClN9O14. The Hall–Kier alpha value is -3.71. The van der Waals surface area contributed by atoms with E-state index in [9.17, 15) is 56.5 Å². The van der Waals surface area contributed by atoms with Gasteiger partial charge in [-0.15, -0.1) is 11.6 Å². The van der Waals surface area contributed by atoms with Gasteiger partial charge in [0.05, 0.1) is 12.2 Å². The van der Waals surface area contributed by atoms with Crippen LogP contribution in [-0.4, -0.2) is 241 Å². The fourth-order valence-corrected chi connectivity index (χ4v) is 25.4. The molecule has 9 saturated heterocycles. The van der Waals surface area contributed by atoms with Crippen molar-refractivity contribution in [2.75, 3.05) is 13.7 Å². The van der Waals surface area contributed by atoms with E-state index in [2.05, 4.69) is 183 Å². The highest BCUT2D eigenvalue weighted by Crippen LogP contribution is 2.49. The van der Waals surface area contributed by atoms with Crippen molar-refractivity contribution >= 4 is 23.2 Å². The van der Waals surface area contributed by atoms with Crippen LogP contribution in [0.4, 0.5) is 0 Å². The molecule has 3 aromatic carbocycles. The molecule has 23 nitrogen and oxygen atoms in total. The summed E-state index contributed by atoms with van der Waals surface area (Å²) in [6.45, 7) is 82.8. The number of carbonyl (C=O) groups is 2. The Kier molecular flexibility index (Phi) is 41.5. The standard InChI is InChI=1S/C16H23NO2.C15H23NO2.C15H23NO.C11H21NO2.C11H23NO2.C11H23NO.C10H21NO2.C10H21NO.C9H18ClNO/c1-15(2)10-13(11-16(3,4)17(15)19)14(18)12-8-6-5-7-9-12;1-14(2)10-13(11-15(3,4)16(14)17)18-12-8-6-5-7-9-12;1-14(2)10-13(11-15(3,4)16(14)17)12-8-6-5-7-9-12;1-8(13)9-6-10(2,3)12(14)11(4,5)7-9;1-6-14-9-7-10(2,3)12(13)11(4,5)8-9;1-6-9-7-10(2,3)12(13)11(4,5)8-9;1-9(2)6-8(13-5)7-10(3,4)11(9)12;1-8-6-9(2,3)11(12)10(4,5)7-8;1-8(2)5-7(10)6-9(3,4)11(8)12/h5-9,13,19H,10-11H2,1-4H3;5-9,13,17H,10-11H2,1-4H3;5-9,13,17H,10-11H2,1-4H3;9,14H,6-7H2,1-5H3;9,13H,6-8H2,1-5H3;9,13H,6-8H2,1-5H3;8,12H,6-7H2,1-5H3;8,12H,6-7H2,1-5H3;7,12H,5-6H2,1-4H3. The summed E-state index contributed by atoms with van der Waals surface area (Å²) in [6.07, 6.45) is 17.9. The molecule has 132 heavy (non-hydrogen) atoms. The Morgan fingerprint density at radius 3 is 0.848 bits per heavy atom. The van der Waals surface area contributed by atoms with E-state index in [0.717, 1.165) is 127 Å². The molecule has 9 aliphatic rings. The second-order valence-electron chi connectivity index (χ2n) is 51.9. The van der Waals surface area contributed by atoms with E-state index in [4.69, 9.17) is 25.8 Å². The molecule has 0 saturated carbocycles. The zero-order valence-electron chi connectivity index (χ0n) is 91.0. The molecular weight excluding hydrogens is 1680 g/mol. The number of hydrogen-bond donors (Lipinski definition) is 9. The third-order valence-corrected chi connectivity index (χ3v) is 29.8. The van der Waals surface area contributed by atoms with E-state index in [1.54, 1.807) is 24.2 Å². The summed E-state index contributed by atoms with van der Waals surface area (Å²) < 4.78 is 17.1. The number of alkyl halides is 1. The average Bonchev–Trinajstić information content (AvgIpc) is 0.789. The molecule has 9 heterocycles. The van der Waals surface area contributed by atoms with Crippen molar-refractivity contribution in [3.63, 3.8) is 0 Å². The lowest BCUT2D eigenvalue weighted by molar-refractivity contribution is -0.260. The summed E-state index contributed by atoms with van der Waals surface area (Å²) in [4.78, 5) is 24.0. The minimum absolute atomic E-state index is 0.0317. The fourth-order valence-electron chi connectivity index (χ4n) is 24.6. The minimum atomic E-state index is -0.378. The Balaban J connectivity index is 0.000000312. The number of ether oxygens (including phenoxy) is 3. The first-order chi connectivity index (χ1) is 59.4. The number of piperidine rings is 9. The maximum Gasteiger partial charge on any atom is 0.166 e. The van der Waals surface area contributed by atoms with Crippen LogP contribution in [0.1, 0.15) is 421 Å². The Bertz CT molecular complexity index is 3750. The number of Topliss-reactive ketones (excluding diaryl/α,β-unsaturated/α-hetero) is 2. The van der Waals surface area contributed by atoms with Gasteiger partial charge < -0.3 is 61.1 Å². The molecule has 0 atom stereocenters. The Morgan fingerprint density at radius 1 is 0.318 bits per heavy atom. The average molecular weight is 1880 g/mol. The first-order valence-electron chi connectivity index (χ1n) is 49.5. The SMILES string of the molecule is CC(=O)C1CC(C)(C)N(O)C(C)(C)C1.CC1(C)CC(C(=O)c2ccccc2)CC(C)(C)N1O.CC1(C)CC(Cl)CC(C)(C)N1O.CC1(C)CC(Oc2ccccc2)CC(C)(C)N1O.CC1(C)CC(c2ccccc2)CC(C)(C)N1O.CC1CC(C)(C)N(O)C(C)(C)C1.CCC1CC(C)(C)N(O)C(C)(C)C1.CCOC1CC(C)(C)N(O)C(C)(C)C1.COC1CC(C)(C)N(O)C(C)(C)C1. The molecule has 24 heteroatoms. The number of para-hydroxylation sites is 1. The number of benzene rings is 3. The van der Waals surface area contributed by atoms with Crippen molar-refractivity contribution in [2.24, 2.45) is 23.7 Å². The molecule has 0 unspecified atom stereocenters. The van der Waals surface area contributed by atoms with Gasteiger partial charge in [0.15, 0.2) is 5.78 Å². The lowest BCUT2D eigenvalue weighted by atomic mass is 9.73. The number of halogens is 1. The van der Waals surface area contributed by atoms with E-state index < -0.39 is 0 Å². The van der Waals surface area contributed by atoms with Gasteiger partial charge in [0.1, 0.15) is 17.6 Å². The molecule has 3 aromatic rings. The fraction of sp³-hybridized carbons (Fsp3) is 0.815. The van der Waals surface area contributed by atoms with Crippen molar-refractivity contribution in [1.82, 2.24) is 45.6 Å². The highest BCUT2D eigenvalue weighted by atomic mass is 35.5. The summed E-state index contributed by atoms with van der Waals surface area (Å²) in [5, 5.41) is 104. The third-order valence-electron chi connectivity index (χ3n) is 29.5. The van der Waals surface area contributed by atoms with Crippen LogP contribution in [0.5, 0.6) is 5.75 Å². The summed E-state index contributed by atoms with van der Waals surface area (Å²) in [5.74, 6) is 3.38. The van der Waals surface area contributed by atoms with Gasteiger partial charge in [-0.3, -0.25) is 9.59 Å². The predicted molar refractivity (Wildman–Crippen MR) is 536 cm³/mol. The van der Waals surface area contributed by atoms with Gasteiger partial charge >= 0.3 is 0 Å². The van der Waals surface area contributed by atoms with Crippen molar-refractivity contribution in [3.8, 4) is 5.75 Å². The topological polar surface area (TPSA) is 273 Å². The van der Waals surface area contributed by atoms with Crippen LogP contribution in [0.15, 0.2) is 91.0 Å². The van der Waals surface area contributed by atoms with E-state index >= 15 is 0 Å². The molecule has 9 N–H and O–H groups in total. The van der Waals surface area contributed by atoms with E-state index in [1.807, 2.05) is 178 Å². The molecule has 764 valence electrons. The smallest absolute Gasteiger partial charge is 0.166 e. The largest absolute Gasteiger partial charge is 0.490 e. The lowest BCUT2D eigenvalue weighted by Crippen LogP contribution is -2.61. The summed E-state index contributed by atoms with van der Waals surface area (Å²) in [5.41, 5.74) is -1.51. The monoisotopic (exact) mass is 1880 g/mol. The van der Waals surface area contributed by atoms with Crippen LogP contribution in [-0.2, 0) is 14.3 Å². The highest BCUT2D eigenvalue weighted by molar-refractivity contribution is 6.20. The van der Waals surface area contributed by atoms with Gasteiger partial charge in [-0.25, -0.2) is 0 Å². The van der Waals surface area contributed by atoms with Crippen LogP contribution in [0.3, 0.4) is 0 Å². The molecule has 9 aliphatic heterocycles. The van der Waals surface area contributed by atoms with Crippen molar-refractivity contribution in [3.05, 3.63) is 102 Å². The number of methoxy groups -OCH3 is 1. The quantitative estimate of drug-likeness (QED) is 0.0674. The summed E-state index contributed by atoms with van der Waals surface area (Å²) in [7, 11) is 1.74. The second kappa shape index (κ2) is 45.5. The summed E-state index contributed by atoms with van der Waals surface area (Å²) in [6, 6.07) is 30.0. The van der Waals surface area contributed by atoms with Crippen LogP contribution in [0.25, 0.3) is 0 Å². The first-order valence-corrected chi connectivity index (χ1v) is 50.0. The molecule has 0 aromatic heterocycles. The third kappa shape index (κ3) is 32.9. The number of rotatable bonds is 10. The molecule has 0 radical (unpaired) electrons. The molecule has 0 aliphatic carbocycles. The maximum absolute atomic E-state index is 12.6. The van der Waals surface area contributed by atoms with E-state index in [1.165, 1.54) is 47.4 Å². The Labute approximate surface area is 808 Å². The molecule has 0 bridgehead atoms. The Morgan fingerprint density at radius 2 is 0.561 bits per heavy atom. The van der Waals surface area contributed by atoms with Crippen LogP contribution in [0, 0.1) is 23.7 Å². The van der Waals surface area contributed by atoms with Gasteiger partial charge in [0.2, 0.25) is 0 Å². The number of ketones is 2. The second-order valence-corrected chi connectivity index (χ2v) is 52.5. The number of carbonyl (C=O) groups excluding carboxylic acids is 2.